The number of oxime groups is 1. The zero-order chi connectivity index (χ0) is 40.1. The van der Waals surface area contributed by atoms with Crippen LogP contribution in [0.2, 0.25) is 0 Å². The standard InChI is InChI=1S/C41H35N5O9S2/c1-54-45-33(29-23-57-40(42-29)44-41(26-11-5-2-6-12-26,27-13-7-3-8-14-27)28-15-9-4-10-16-28)36(50)43-34-37(51)46-35(39(52)53)25(22-56-38(34)46)20-55-21-32(49)24-17-18-30(47)31(48)19-24/h2-19,23,34,38,47-48H,20-22H2,1H3,(H,42,44)(H,43,50)(H,52,53)/t34-,38-/m1/s1. The molecule has 0 radical (unpaired) electrons. The van der Waals surface area contributed by atoms with Crippen LogP contribution >= 0.6 is 23.1 Å². The van der Waals surface area contributed by atoms with E-state index >= 15 is 0 Å². The van der Waals surface area contributed by atoms with E-state index in [0.717, 1.165) is 27.7 Å². The van der Waals surface area contributed by atoms with Gasteiger partial charge in [-0.3, -0.25) is 19.3 Å². The summed E-state index contributed by atoms with van der Waals surface area (Å²) in [5, 5.41) is 41.0. The van der Waals surface area contributed by atoms with E-state index in [1.807, 2.05) is 91.0 Å². The average Bonchev–Trinajstić information content (AvgIpc) is 3.70. The van der Waals surface area contributed by atoms with Crippen LogP contribution in [0.4, 0.5) is 5.13 Å². The van der Waals surface area contributed by atoms with Crippen LogP contribution in [0.5, 0.6) is 11.5 Å². The molecule has 290 valence electrons. The van der Waals surface area contributed by atoms with Crippen LogP contribution in [0.3, 0.4) is 0 Å². The van der Waals surface area contributed by atoms with E-state index in [-0.39, 0.29) is 46.3 Å². The maximum Gasteiger partial charge on any atom is 0.352 e. The van der Waals surface area contributed by atoms with E-state index in [4.69, 9.17) is 14.6 Å². The second-order valence-corrected chi connectivity index (χ2v) is 14.8. The van der Waals surface area contributed by atoms with Crippen molar-refractivity contribution in [2.24, 2.45) is 5.16 Å². The molecule has 2 aliphatic heterocycles. The van der Waals surface area contributed by atoms with Crippen molar-refractivity contribution in [2.45, 2.75) is 17.0 Å². The number of carbonyl (C=O) groups excluding carboxylic acids is 3. The third-order valence-electron chi connectivity index (χ3n) is 9.40. The molecule has 0 unspecified atom stereocenters. The molecule has 2 atom stereocenters. The lowest BCUT2D eigenvalue weighted by atomic mass is 9.77. The summed E-state index contributed by atoms with van der Waals surface area (Å²) in [5.41, 5.74) is 2.05. The highest BCUT2D eigenvalue weighted by atomic mass is 32.2. The van der Waals surface area contributed by atoms with Crippen LogP contribution in [0.15, 0.2) is 131 Å². The third kappa shape index (κ3) is 7.70. The second kappa shape index (κ2) is 16.7. The Morgan fingerprint density at radius 1 is 0.912 bits per heavy atom. The van der Waals surface area contributed by atoms with Gasteiger partial charge in [0.15, 0.2) is 28.1 Å². The summed E-state index contributed by atoms with van der Waals surface area (Å²) in [6.45, 7) is -0.703. The zero-order valence-corrected chi connectivity index (χ0v) is 31.8. The molecular formula is C41H35N5O9S2. The zero-order valence-electron chi connectivity index (χ0n) is 30.2. The van der Waals surface area contributed by atoms with Gasteiger partial charge in [-0.05, 0) is 40.5 Å². The van der Waals surface area contributed by atoms with Crippen LogP contribution in [-0.2, 0) is 29.5 Å². The third-order valence-corrected chi connectivity index (χ3v) is 11.5. The van der Waals surface area contributed by atoms with Gasteiger partial charge < -0.3 is 35.5 Å². The summed E-state index contributed by atoms with van der Waals surface area (Å²) < 4.78 is 5.51. The summed E-state index contributed by atoms with van der Waals surface area (Å²) in [6.07, 6.45) is 0. The van der Waals surface area contributed by atoms with Gasteiger partial charge in [-0.1, -0.05) is 96.2 Å². The average molecular weight is 806 g/mol. The number of fused-ring (bicyclic) bond motifs is 1. The first kappa shape index (κ1) is 38.8. The lowest BCUT2D eigenvalue weighted by Gasteiger charge is -2.49. The SMILES string of the molecule is CON=C(C(=O)N[C@@H]1C(=O)N2C(C(=O)O)=C(COCC(=O)c3ccc(O)c(O)c3)CS[C@H]12)c1csc(NC(c2ccccc2)(c2ccccc2)c2ccccc2)n1. The Balaban J connectivity index is 1.08. The Kier molecular flexibility index (Phi) is 11.4. The monoisotopic (exact) mass is 805 g/mol. The van der Waals surface area contributed by atoms with Gasteiger partial charge in [0.25, 0.3) is 11.8 Å². The first-order valence-electron chi connectivity index (χ1n) is 17.5. The maximum absolute atomic E-state index is 13.8. The van der Waals surface area contributed by atoms with Crippen molar-refractivity contribution in [1.82, 2.24) is 15.2 Å². The molecule has 1 aromatic heterocycles. The number of aliphatic carboxylic acids is 1. The number of anilines is 1. The van der Waals surface area contributed by atoms with E-state index in [1.165, 1.54) is 42.3 Å². The Morgan fingerprint density at radius 3 is 2.09 bits per heavy atom. The van der Waals surface area contributed by atoms with Gasteiger partial charge in [0.2, 0.25) is 0 Å². The lowest BCUT2D eigenvalue weighted by molar-refractivity contribution is -0.150. The molecule has 0 saturated carbocycles. The summed E-state index contributed by atoms with van der Waals surface area (Å²) >= 11 is 2.49. The van der Waals surface area contributed by atoms with Crippen molar-refractivity contribution in [1.29, 1.82) is 0 Å². The number of amides is 2. The maximum atomic E-state index is 13.8. The fourth-order valence-electron chi connectivity index (χ4n) is 6.73. The quantitative estimate of drug-likeness (QED) is 0.0239. The first-order chi connectivity index (χ1) is 27.6. The summed E-state index contributed by atoms with van der Waals surface area (Å²) in [6, 6.07) is 32.3. The Morgan fingerprint density at radius 2 is 1.53 bits per heavy atom. The number of carbonyl (C=O) groups is 4. The van der Waals surface area contributed by atoms with Gasteiger partial charge in [0.05, 0.1) is 6.61 Å². The smallest absolute Gasteiger partial charge is 0.352 e. The summed E-state index contributed by atoms with van der Waals surface area (Å²) in [5.74, 6) is -3.98. The molecule has 1 fully saturated rings. The van der Waals surface area contributed by atoms with Gasteiger partial charge in [-0.2, -0.15) is 0 Å². The van der Waals surface area contributed by atoms with Crippen LogP contribution in [0.25, 0.3) is 0 Å². The number of phenolic OH excluding ortho intramolecular Hbond substituents is 2. The van der Waals surface area contributed by atoms with E-state index in [9.17, 15) is 34.5 Å². The van der Waals surface area contributed by atoms with Crippen molar-refractivity contribution in [3.05, 3.63) is 154 Å². The van der Waals surface area contributed by atoms with Crippen molar-refractivity contribution < 1.29 is 44.1 Å². The number of Topliss-reactive ketones (excluding diaryl/α,β-unsaturated/α-hetero) is 1. The number of aromatic nitrogens is 1. The minimum atomic E-state index is -1.37. The number of aromatic hydroxyl groups is 2. The molecule has 14 nitrogen and oxygen atoms in total. The molecule has 7 rings (SSSR count). The van der Waals surface area contributed by atoms with E-state index in [0.29, 0.717) is 5.13 Å². The fraction of sp³-hybridized carbons (Fsp3) is 0.171. The van der Waals surface area contributed by atoms with Crippen molar-refractivity contribution >= 4 is 57.5 Å². The van der Waals surface area contributed by atoms with Crippen LogP contribution in [0, 0.1) is 0 Å². The van der Waals surface area contributed by atoms with Gasteiger partial charge in [-0.25, -0.2) is 9.78 Å². The molecule has 5 aromatic rings. The minimum absolute atomic E-state index is 0.0912. The number of thioether (sulfide) groups is 1. The Labute approximate surface area is 334 Å². The van der Waals surface area contributed by atoms with E-state index in [2.05, 4.69) is 15.8 Å². The highest BCUT2D eigenvalue weighted by Crippen LogP contribution is 2.42. The molecule has 4 aromatic carbocycles. The number of ketones is 1. The van der Waals surface area contributed by atoms with Gasteiger partial charge in [-0.15, -0.1) is 23.1 Å². The number of benzene rings is 4. The molecule has 0 aliphatic carbocycles. The number of hydrogen-bond acceptors (Lipinski definition) is 13. The Bertz CT molecular complexity index is 2270. The largest absolute Gasteiger partial charge is 0.504 e. The number of phenols is 2. The van der Waals surface area contributed by atoms with Crippen molar-refractivity contribution in [3.63, 3.8) is 0 Å². The number of nitrogens with zero attached hydrogens (tertiary/aromatic N) is 3. The highest BCUT2D eigenvalue weighted by Gasteiger charge is 2.54. The predicted octanol–water partition coefficient (Wildman–Crippen LogP) is 4.95. The van der Waals surface area contributed by atoms with Gasteiger partial charge >= 0.3 is 5.97 Å². The fourth-order valence-corrected chi connectivity index (χ4v) is 8.81. The molecule has 57 heavy (non-hydrogen) atoms. The van der Waals surface area contributed by atoms with Crippen molar-refractivity contribution in [2.75, 3.05) is 31.4 Å². The normalized spacial score (nSPS) is 16.7. The molecule has 2 amide bonds. The molecule has 16 heteroatoms. The second-order valence-electron chi connectivity index (χ2n) is 12.9. The first-order valence-corrected chi connectivity index (χ1v) is 19.4. The lowest BCUT2D eigenvalue weighted by Crippen LogP contribution is -2.71. The molecule has 3 heterocycles. The number of β-lactam (4-membered cyclic amide) rings is 1. The molecule has 1 saturated heterocycles. The van der Waals surface area contributed by atoms with E-state index in [1.54, 1.807) is 5.38 Å². The molecule has 5 N–H and O–H groups in total. The number of ether oxygens (including phenoxy) is 1. The molecule has 2 aliphatic rings. The summed E-state index contributed by atoms with van der Waals surface area (Å²) in [4.78, 5) is 63.1. The topological polar surface area (TPSA) is 200 Å². The molecule has 0 bridgehead atoms. The predicted molar refractivity (Wildman–Crippen MR) is 213 cm³/mol. The number of carboxylic acid groups (broad SMARTS) is 1. The number of carboxylic acids is 1. The Hall–Kier alpha value is -6.49. The van der Waals surface area contributed by atoms with E-state index < -0.39 is 52.9 Å². The van der Waals surface area contributed by atoms with Crippen molar-refractivity contribution in [3.8, 4) is 11.5 Å². The highest BCUT2D eigenvalue weighted by molar-refractivity contribution is 8.00. The van der Waals surface area contributed by atoms with Gasteiger partial charge in [0, 0.05) is 16.7 Å². The summed E-state index contributed by atoms with van der Waals surface area (Å²) in [7, 11) is 1.28. The minimum Gasteiger partial charge on any atom is -0.504 e. The number of rotatable bonds is 15. The number of nitrogens with one attached hydrogen (secondary N) is 2. The number of thiazole rings is 1. The van der Waals surface area contributed by atoms with Crippen LogP contribution in [-0.4, -0.2) is 92.0 Å². The molecule has 0 spiro atoms. The van der Waals surface area contributed by atoms with Crippen LogP contribution in [0.1, 0.15) is 32.7 Å². The molecular weight excluding hydrogens is 771 g/mol. The van der Waals surface area contributed by atoms with Crippen LogP contribution < -0.4 is 10.6 Å². The van der Waals surface area contributed by atoms with Gasteiger partial charge in [0.1, 0.15) is 42.1 Å². The number of hydrogen-bond donors (Lipinski definition) is 5.